The summed E-state index contributed by atoms with van der Waals surface area (Å²) in [5.74, 6) is 2.45. The van der Waals surface area contributed by atoms with Crippen LogP contribution in [0.3, 0.4) is 0 Å². The van der Waals surface area contributed by atoms with Gasteiger partial charge in [0.1, 0.15) is 17.5 Å². The van der Waals surface area contributed by atoms with Gasteiger partial charge in [-0.1, -0.05) is 20.8 Å². The van der Waals surface area contributed by atoms with E-state index in [0.717, 1.165) is 24.0 Å². The zero-order valence-corrected chi connectivity index (χ0v) is 13.8. The van der Waals surface area contributed by atoms with Crippen molar-refractivity contribution in [2.75, 3.05) is 30.4 Å². The van der Waals surface area contributed by atoms with Crippen LogP contribution in [-0.2, 0) is 5.41 Å². The first-order valence-electron chi connectivity index (χ1n) is 7.11. The van der Waals surface area contributed by atoms with Gasteiger partial charge in [0.05, 0.1) is 5.60 Å². The second kappa shape index (κ2) is 5.95. The number of rotatable bonds is 5. The number of aliphatic hydroxyl groups is 1. The molecule has 1 rings (SSSR count). The van der Waals surface area contributed by atoms with Crippen molar-refractivity contribution in [1.29, 1.82) is 0 Å². The van der Waals surface area contributed by atoms with Crippen molar-refractivity contribution in [3.63, 3.8) is 0 Å². The van der Waals surface area contributed by atoms with Crippen molar-refractivity contribution < 1.29 is 5.11 Å². The lowest BCUT2D eigenvalue weighted by Gasteiger charge is -2.30. The van der Waals surface area contributed by atoms with Crippen LogP contribution >= 0.6 is 0 Å². The van der Waals surface area contributed by atoms with Crippen molar-refractivity contribution >= 4 is 11.6 Å². The highest BCUT2D eigenvalue weighted by molar-refractivity contribution is 5.50. The minimum absolute atomic E-state index is 0.115. The number of hydrogen-bond acceptors (Lipinski definition) is 5. The molecule has 0 aliphatic rings. The van der Waals surface area contributed by atoms with Crippen molar-refractivity contribution in [2.45, 2.75) is 52.6 Å². The van der Waals surface area contributed by atoms with E-state index in [4.69, 9.17) is 0 Å². The molecule has 0 amide bonds. The molecule has 5 heteroatoms. The molecule has 1 aromatic rings. The monoisotopic (exact) mass is 280 g/mol. The zero-order chi connectivity index (χ0) is 15.6. The third kappa shape index (κ3) is 4.63. The van der Waals surface area contributed by atoms with E-state index in [0.29, 0.717) is 6.54 Å². The molecule has 0 spiro atoms. The van der Waals surface area contributed by atoms with E-state index in [1.807, 2.05) is 13.1 Å². The molecule has 0 bridgehead atoms. The van der Waals surface area contributed by atoms with E-state index in [2.05, 4.69) is 47.9 Å². The SMILES string of the molecule is CCN(CC(C)(C)O)c1cc(NC)nc(C(C)(C)C)n1. The smallest absolute Gasteiger partial charge is 0.138 e. The fraction of sp³-hybridized carbons (Fsp3) is 0.733. The summed E-state index contributed by atoms with van der Waals surface area (Å²) in [6.45, 7) is 13.3. The highest BCUT2D eigenvalue weighted by Gasteiger charge is 2.23. The highest BCUT2D eigenvalue weighted by atomic mass is 16.3. The minimum Gasteiger partial charge on any atom is -0.389 e. The van der Waals surface area contributed by atoms with E-state index < -0.39 is 5.60 Å². The third-order valence-corrected chi connectivity index (χ3v) is 2.92. The maximum atomic E-state index is 10.0. The largest absolute Gasteiger partial charge is 0.389 e. The van der Waals surface area contributed by atoms with Crippen LogP contribution in [0.2, 0.25) is 0 Å². The first-order chi connectivity index (χ1) is 9.06. The Morgan fingerprint density at radius 3 is 2.20 bits per heavy atom. The molecule has 0 aliphatic carbocycles. The standard InChI is InChI=1S/C15H28N4O/c1-8-19(10-15(5,6)20)12-9-11(16-7)17-13(18-12)14(2,3)4/h9,20H,8,10H2,1-7H3,(H,16,17,18). The van der Waals surface area contributed by atoms with Crippen LogP contribution in [0.25, 0.3) is 0 Å². The Hall–Kier alpha value is -1.36. The molecule has 2 N–H and O–H groups in total. The van der Waals surface area contributed by atoms with E-state index in [-0.39, 0.29) is 5.41 Å². The summed E-state index contributed by atoms with van der Waals surface area (Å²) in [4.78, 5) is 11.3. The minimum atomic E-state index is -0.761. The third-order valence-electron chi connectivity index (χ3n) is 2.92. The van der Waals surface area contributed by atoms with Gasteiger partial charge in [-0.25, -0.2) is 9.97 Å². The second-order valence-corrected chi connectivity index (χ2v) is 6.76. The molecule has 0 aliphatic heterocycles. The number of nitrogens with one attached hydrogen (secondary N) is 1. The van der Waals surface area contributed by atoms with Crippen molar-refractivity contribution in [2.24, 2.45) is 0 Å². The molecule has 1 heterocycles. The fourth-order valence-corrected chi connectivity index (χ4v) is 1.88. The lowest BCUT2D eigenvalue weighted by atomic mass is 9.95. The Kier molecular flexibility index (Phi) is 4.97. The van der Waals surface area contributed by atoms with Gasteiger partial charge in [-0.3, -0.25) is 0 Å². The molecular formula is C15H28N4O. The summed E-state index contributed by atoms with van der Waals surface area (Å²) in [7, 11) is 1.85. The number of anilines is 2. The average molecular weight is 280 g/mol. The van der Waals surface area contributed by atoms with Gasteiger partial charge in [0.2, 0.25) is 0 Å². The van der Waals surface area contributed by atoms with Gasteiger partial charge in [-0.15, -0.1) is 0 Å². The molecule has 0 unspecified atom stereocenters. The number of hydrogen-bond donors (Lipinski definition) is 2. The predicted molar refractivity (Wildman–Crippen MR) is 84.5 cm³/mol. The first kappa shape index (κ1) is 16.7. The van der Waals surface area contributed by atoms with Crippen LogP contribution in [0, 0.1) is 0 Å². The highest BCUT2D eigenvalue weighted by Crippen LogP contribution is 2.24. The van der Waals surface area contributed by atoms with Gasteiger partial charge >= 0.3 is 0 Å². The van der Waals surface area contributed by atoms with Crippen LogP contribution in [0.5, 0.6) is 0 Å². The van der Waals surface area contributed by atoms with Crippen molar-refractivity contribution in [1.82, 2.24) is 9.97 Å². The molecule has 0 aromatic carbocycles. The number of aromatic nitrogens is 2. The summed E-state index contributed by atoms with van der Waals surface area (Å²) in [5, 5.41) is 13.1. The number of likely N-dealkylation sites (N-methyl/N-ethyl adjacent to an activating group) is 1. The maximum absolute atomic E-state index is 10.0. The van der Waals surface area contributed by atoms with Crippen LogP contribution in [0.1, 0.15) is 47.4 Å². The molecule has 114 valence electrons. The lowest BCUT2D eigenvalue weighted by molar-refractivity contribution is 0.0874. The van der Waals surface area contributed by atoms with Crippen LogP contribution in [0.15, 0.2) is 6.07 Å². The molecule has 0 fully saturated rings. The zero-order valence-electron chi connectivity index (χ0n) is 13.8. The van der Waals surface area contributed by atoms with Gasteiger partial charge in [0.25, 0.3) is 0 Å². The Bertz CT molecular complexity index is 446. The summed E-state index contributed by atoms with van der Waals surface area (Å²) < 4.78 is 0. The van der Waals surface area contributed by atoms with Gasteiger partial charge in [0, 0.05) is 31.6 Å². The molecule has 0 saturated heterocycles. The topological polar surface area (TPSA) is 61.3 Å². The summed E-state index contributed by atoms with van der Waals surface area (Å²) in [6.07, 6.45) is 0. The second-order valence-electron chi connectivity index (χ2n) is 6.76. The van der Waals surface area contributed by atoms with Crippen molar-refractivity contribution in [3.8, 4) is 0 Å². The number of nitrogens with zero attached hydrogens (tertiary/aromatic N) is 3. The quantitative estimate of drug-likeness (QED) is 0.867. The molecular weight excluding hydrogens is 252 g/mol. The molecule has 0 atom stereocenters. The molecule has 20 heavy (non-hydrogen) atoms. The Morgan fingerprint density at radius 2 is 1.80 bits per heavy atom. The van der Waals surface area contributed by atoms with E-state index >= 15 is 0 Å². The van der Waals surface area contributed by atoms with Gasteiger partial charge in [0.15, 0.2) is 0 Å². The van der Waals surface area contributed by atoms with Gasteiger partial charge < -0.3 is 15.3 Å². The summed E-state index contributed by atoms with van der Waals surface area (Å²) in [6, 6.07) is 1.92. The first-order valence-corrected chi connectivity index (χ1v) is 7.11. The summed E-state index contributed by atoms with van der Waals surface area (Å²) >= 11 is 0. The van der Waals surface area contributed by atoms with Gasteiger partial charge in [-0.2, -0.15) is 0 Å². The van der Waals surface area contributed by atoms with Crippen LogP contribution in [-0.4, -0.2) is 40.8 Å². The Morgan fingerprint density at radius 1 is 1.20 bits per heavy atom. The Labute approximate surface area is 122 Å². The average Bonchev–Trinajstić information content (AvgIpc) is 2.33. The fourth-order valence-electron chi connectivity index (χ4n) is 1.88. The predicted octanol–water partition coefficient (Wildman–Crippen LogP) is 2.41. The van der Waals surface area contributed by atoms with Crippen molar-refractivity contribution in [3.05, 3.63) is 11.9 Å². The van der Waals surface area contributed by atoms with E-state index in [9.17, 15) is 5.11 Å². The molecule has 0 saturated carbocycles. The normalized spacial score (nSPS) is 12.4. The van der Waals surface area contributed by atoms with Gasteiger partial charge in [-0.05, 0) is 20.8 Å². The van der Waals surface area contributed by atoms with E-state index in [1.54, 1.807) is 13.8 Å². The lowest BCUT2D eigenvalue weighted by Crippen LogP contribution is -2.39. The van der Waals surface area contributed by atoms with Crippen LogP contribution in [0.4, 0.5) is 11.6 Å². The summed E-state index contributed by atoms with van der Waals surface area (Å²) in [5.41, 5.74) is -0.877. The molecule has 5 nitrogen and oxygen atoms in total. The molecule has 1 aromatic heterocycles. The maximum Gasteiger partial charge on any atom is 0.138 e. The van der Waals surface area contributed by atoms with E-state index in [1.165, 1.54) is 0 Å². The van der Waals surface area contributed by atoms with Crippen LogP contribution < -0.4 is 10.2 Å². The molecule has 0 radical (unpaired) electrons. The Balaban J connectivity index is 3.21.